The van der Waals surface area contributed by atoms with E-state index >= 15 is 0 Å². The number of hydrogen-bond acceptors (Lipinski definition) is 2. The maximum absolute atomic E-state index is 12.5. The van der Waals surface area contributed by atoms with Gasteiger partial charge in [0.15, 0.2) is 0 Å². The van der Waals surface area contributed by atoms with Crippen LogP contribution in [0.15, 0.2) is 0 Å². The Labute approximate surface area is 64.8 Å². The largest absolute Gasteiger partial charge is 0.396 e. The highest BCUT2D eigenvalue weighted by atomic mass is 19.2. The predicted octanol–water partition coefficient (Wildman–Crippen LogP) is 0.361. The third-order valence-corrected chi connectivity index (χ3v) is 1.89. The number of aliphatic hydroxyl groups is 1. The number of likely N-dealkylation sites (tertiary alicyclic amines) is 1. The van der Waals surface area contributed by atoms with Crippen molar-refractivity contribution in [2.75, 3.05) is 26.2 Å². The molecule has 1 aliphatic heterocycles. The van der Waals surface area contributed by atoms with Crippen molar-refractivity contribution in [1.82, 2.24) is 4.90 Å². The summed E-state index contributed by atoms with van der Waals surface area (Å²) in [4.78, 5) is 1.70. The van der Waals surface area contributed by atoms with Crippen LogP contribution in [0.5, 0.6) is 0 Å². The van der Waals surface area contributed by atoms with E-state index in [9.17, 15) is 8.78 Å². The van der Waals surface area contributed by atoms with Crippen molar-refractivity contribution in [2.24, 2.45) is 0 Å². The molecule has 2 atom stereocenters. The van der Waals surface area contributed by atoms with Crippen molar-refractivity contribution in [3.63, 3.8) is 0 Å². The van der Waals surface area contributed by atoms with Crippen LogP contribution in [0, 0.1) is 0 Å². The molecule has 0 spiro atoms. The Morgan fingerprint density at radius 1 is 1.27 bits per heavy atom. The van der Waals surface area contributed by atoms with Gasteiger partial charge in [-0.15, -0.1) is 0 Å². The average Bonchev–Trinajstić information content (AvgIpc) is 2.28. The second kappa shape index (κ2) is 3.97. The number of nitrogens with zero attached hydrogens (tertiary/aromatic N) is 1. The first-order chi connectivity index (χ1) is 5.24. The van der Waals surface area contributed by atoms with Crippen LogP contribution in [-0.2, 0) is 0 Å². The molecule has 1 saturated heterocycles. The number of alkyl halides is 2. The zero-order valence-electron chi connectivity index (χ0n) is 6.34. The number of rotatable bonds is 3. The first-order valence-electron chi connectivity index (χ1n) is 3.85. The molecule has 0 aliphatic carbocycles. The Kier molecular flexibility index (Phi) is 3.20. The van der Waals surface area contributed by atoms with Crippen LogP contribution >= 0.6 is 0 Å². The summed E-state index contributed by atoms with van der Waals surface area (Å²) < 4.78 is 25.0. The van der Waals surface area contributed by atoms with Gasteiger partial charge < -0.3 is 5.11 Å². The van der Waals surface area contributed by atoms with Gasteiger partial charge in [-0.25, -0.2) is 8.78 Å². The molecule has 0 saturated carbocycles. The van der Waals surface area contributed by atoms with Crippen LogP contribution in [0.25, 0.3) is 0 Å². The summed E-state index contributed by atoms with van der Waals surface area (Å²) in [5, 5.41) is 8.44. The zero-order valence-corrected chi connectivity index (χ0v) is 6.34. The van der Waals surface area contributed by atoms with Crippen molar-refractivity contribution in [2.45, 2.75) is 18.8 Å². The van der Waals surface area contributed by atoms with E-state index in [2.05, 4.69) is 0 Å². The molecule has 0 aromatic rings. The number of halogens is 2. The van der Waals surface area contributed by atoms with E-state index in [0.717, 1.165) is 0 Å². The predicted molar refractivity (Wildman–Crippen MR) is 37.9 cm³/mol. The first-order valence-corrected chi connectivity index (χ1v) is 3.85. The van der Waals surface area contributed by atoms with Crippen molar-refractivity contribution in [3.8, 4) is 0 Å². The first kappa shape index (κ1) is 8.87. The molecular formula is C7H13F2NO. The molecule has 0 amide bonds. The molecule has 1 N–H and O–H groups in total. The fourth-order valence-electron chi connectivity index (χ4n) is 1.27. The Morgan fingerprint density at radius 2 is 1.82 bits per heavy atom. The van der Waals surface area contributed by atoms with Crippen molar-refractivity contribution >= 4 is 0 Å². The van der Waals surface area contributed by atoms with E-state index in [1.54, 1.807) is 4.90 Å². The lowest BCUT2D eigenvalue weighted by atomic mass is 10.3. The quantitative estimate of drug-likeness (QED) is 0.652. The van der Waals surface area contributed by atoms with Crippen LogP contribution < -0.4 is 0 Å². The van der Waals surface area contributed by atoms with Gasteiger partial charge in [-0.1, -0.05) is 0 Å². The Bertz CT molecular complexity index is 113. The van der Waals surface area contributed by atoms with Crippen LogP contribution in [0.4, 0.5) is 8.78 Å². The monoisotopic (exact) mass is 165 g/mol. The van der Waals surface area contributed by atoms with Crippen LogP contribution in [-0.4, -0.2) is 48.6 Å². The molecule has 1 rings (SSSR count). The normalized spacial score (nSPS) is 33.0. The van der Waals surface area contributed by atoms with E-state index in [-0.39, 0.29) is 19.7 Å². The lowest BCUT2D eigenvalue weighted by molar-refractivity contribution is 0.217. The van der Waals surface area contributed by atoms with Gasteiger partial charge in [-0.05, 0) is 6.42 Å². The van der Waals surface area contributed by atoms with Gasteiger partial charge in [0, 0.05) is 26.2 Å². The van der Waals surface area contributed by atoms with Crippen LogP contribution in [0.3, 0.4) is 0 Å². The second-order valence-corrected chi connectivity index (χ2v) is 2.87. The number of hydrogen-bond donors (Lipinski definition) is 1. The average molecular weight is 165 g/mol. The van der Waals surface area contributed by atoms with Crippen LogP contribution in [0.2, 0.25) is 0 Å². The molecule has 4 heteroatoms. The van der Waals surface area contributed by atoms with Crippen molar-refractivity contribution in [3.05, 3.63) is 0 Å². The zero-order chi connectivity index (χ0) is 8.27. The van der Waals surface area contributed by atoms with Gasteiger partial charge in [0.1, 0.15) is 12.3 Å². The third kappa shape index (κ3) is 2.38. The maximum atomic E-state index is 12.5. The Balaban J connectivity index is 2.18. The summed E-state index contributed by atoms with van der Waals surface area (Å²) in [7, 11) is 0. The van der Waals surface area contributed by atoms with Crippen molar-refractivity contribution < 1.29 is 13.9 Å². The lowest BCUT2D eigenvalue weighted by Gasteiger charge is -2.12. The number of aliphatic hydroxyl groups excluding tert-OH is 1. The van der Waals surface area contributed by atoms with E-state index in [0.29, 0.717) is 13.0 Å². The molecule has 2 nitrogen and oxygen atoms in total. The SMILES string of the molecule is OCCCN1C[C@@H](F)[C@@H](F)C1. The van der Waals surface area contributed by atoms with E-state index in [4.69, 9.17) is 5.11 Å². The van der Waals surface area contributed by atoms with Gasteiger partial charge in [0.25, 0.3) is 0 Å². The molecule has 11 heavy (non-hydrogen) atoms. The fraction of sp³-hybridized carbons (Fsp3) is 1.00. The summed E-state index contributed by atoms with van der Waals surface area (Å²) in [6.07, 6.45) is -2.05. The fourth-order valence-corrected chi connectivity index (χ4v) is 1.27. The smallest absolute Gasteiger partial charge is 0.145 e. The minimum absolute atomic E-state index is 0.0877. The molecule has 1 heterocycles. The third-order valence-electron chi connectivity index (χ3n) is 1.89. The Hall–Kier alpha value is -0.220. The summed E-state index contributed by atoms with van der Waals surface area (Å²) in [5.41, 5.74) is 0. The lowest BCUT2D eigenvalue weighted by Crippen LogP contribution is -2.23. The second-order valence-electron chi connectivity index (χ2n) is 2.87. The standard InChI is InChI=1S/C7H13F2NO/c8-6-4-10(2-1-3-11)5-7(6)9/h6-7,11H,1-5H2/t6-,7+. The van der Waals surface area contributed by atoms with E-state index < -0.39 is 12.3 Å². The Morgan fingerprint density at radius 3 is 2.27 bits per heavy atom. The summed E-state index contributed by atoms with van der Waals surface area (Å²) >= 11 is 0. The molecule has 66 valence electrons. The van der Waals surface area contributed by atoms with Gasteiger partial charge >= 0.3 is 0 Å². The highest BCUT2D eigenvalue weighted by Gasteiger charge is 2.31. The molecule has 0 aromatic carbocycles. The summed E-state index contributed by atoms with van der Waals surface area (Å²) in [5.74, 6) is 0. The molecule has 0 unspecified atom stereocenters. The highest BCUT2D eigenvalue weighted by Crippen LogP contribution is 2.16. The molecular weight excluding hydrogens is 152 g/mol. The molecule has 0 radical (unpaired) electrons. The van der Waals surface area contributed by atoms with Gasteiger partial charge in [-0.2, -0.15) is 0 Å². The topological polar surface area (TPSA) is 23.5 Å². The van der Waals surface area contributed by atoms with Crippen LogP contribution in [0.1, 0.15) is 6.42 Å². The molecule has 1 aliphatic rings. The minimum Gasteiger partial charge on any atom is -0.396 e. The maximum Gasteiger partial charge on any atom is 0.145 e. The van der Waals surface area contributed by atoms with E-state index in [1.165, 1.54) is 0 Å². The minimum atomic E-state index is -1.33. The van der Waals surface area contributed by atoms with Gasteiger partial charge in [0.2, 0.25) is 0 Å². The summed E-state index contributed by atoms with van der Waals surface area (Å²) in [6.45, 7) is 1.05. The molecule has 0 aromatic heterocycles. The molecule has 1 fully saturated rings. The highest BCUT2D eigenvalue weighted by molar-refractivity contribution is 4.83. The van der Waals surface area contributed by atoms with Gasteiger partial charge in [-0.3, -0.25) is 4.90 Å². The summed E-state index contributed by atoms with van der Waals surface area (Å²) in [6, 6.07) is 0. The van der Waals surface area contributed by atoms with E-state index in [1.807, 2.05) is 0 Å². The molecule has 0 bridgehead atoms. The van der Waals surface area contributed by atoms with Gasteiger partial charge in [0.05, 0.1) is 0 Å². The van der Waals surface area contributed by atoms with Crippen molar-refractivity contribution in [1.29, 1.82) is 0 Å².